The standard InChI is InChI=1S/C75H147NO8/c1-3-5-7-9-11-13-15-17-19-21-23-25-27-29-31-33-34-35-37-39-41-43-45-47-49-51-53-55-57-59-61-63-65-71(79)76-68(67-83-75-74(82)73(81)72(80)70(66-77)84-75)69(78)64-62-60-58-56-54-52-50-48-46-44-42-40-38-36-32-30-28-26-24-22-20-18-16-14-12-10-8-6-4-2/h62,64,68-70,72-75,77-78,80-82H,3-61,63,65-67H2,1-2H3,(H,76,79)/b64-62+. The van der Waals surface area contributed by atoms with E-state index < -0.39 is 49.5 Å². The number of allylic oxidation sites excluding steroid dienone is 1. The first-order valence-electron chi connectivity index (χ1n) is 37.9. The van der Waals surface area contributed by atoms with Crippen LogP contribution in [0.5, 0.6) is 0 Å². The predicted molar refractivity (Wildman–Crippen MR) is 360 cm³/mol. The van der Waals surface area contributed by atoms with E-state index in [-0.39, 0.29) is 12.5 Å². The van der Waals surface area contributed by atoms with Gasteiger partial charge in [0.25, 0.3) is 0 Å². The van der Waals surface area contributed by atoms with Gasteiger partial charge in [-0.15, -0.1) is 0 Å². The van der Waals surface area contributed by atoms with Gasteiger partial charge in [-0.2, -0.15) is 0 Å². The first kappa shape index (κ1) is 80.9. The van der Waals surface area contributed by atoms with Gasteiger partial charge >= 0.3 is 0 Å². The molecule has 0 bridgehead atoms. The second-order valence-electron chi connectivity index (χ2n) is 26.8. The Bertz CT molecular complexity index is 1330. The summed E-state index contributed by atoms with van der Waals surface area (Å²) in [6, 6.07) is -0.803. The lowest BCUT2D eigenvalue weighted by Gasteiger charge is -2.40. The summed E-state index contributed by atoms with van der Waals surface area (Å²) in [6.07, 6.45) is 77.8. The van der Waals surface area contributed by atoms with Gasteiger partial charge in [-0.3, -0.25) is 4.79 Å². The maximum absolute atomic E-state index is 13.2. The van der Waals surface area contributed by atoms with E-state index >= 15 is 0 Å². The third-order valence-corrected chi connectivity index (χ3v) is 18.6. The largest absolute Gasteiger partial charge is 0.394 e. The molecule has 0 aromatic heterocycles. The summed E-state index contributed by atoms with van der Waals surface area (Å²) in [4.78, 5) is 13.2. The van der Waals surface area contributed by atoms with Gasteiger partial charge in [0.05, 0.1) is 25.4 Å². The van der Waals surface area contributed by atoms with Gasteiger partial charge in [-0.25, -0.2) is 0 Å². The maximum atomic E-state index is 13.2. The lowest BCUT2D eigenvalue weighted by Crippen LogP contribution is -2.60. The zero-order valence-electron chi connectivity index (χ0n) is 56.2. The highest BCUT2D eigenvalue weighted by Crippen LogP contribution is 2.24. The summed E-state index contributed by atoms with van der Waals surface area (Å²) in [5, 5.41) is 54.9. The van der Waals surface area contributed by atoms with Gasteiger partial charge in [-0.1, -0.05) is 392 Å². The number of hydrogen-bond donors (Lipinski definition) is 6. The van der Waals surface area contributed by atoms with Crippen molar-refractivity contribution in [1.82, 2.24) is 5.32 Å². The smallest absolute Gasteiger partial charge is 0.220 e. The number of aliphatic hydroxyl groups excluding tert-OH is 5. The molecule has 0 aromatic rings. The number of aliphatic hydroxyl groups is 5. The third kappa shape index (κ3) is 52.8. The van der Waals surface area contributed by atoms with Crippen molar-refractivity contribution >= 4 is 5.91 Å². The SMILES string of the molecule is CCCCCCCCCCCCCCCCCCCCCCCCCCCCC/C=C/C(O)C(COC1OC(CO)C(O)C(O)C1O)NC(=O)CCCCCCCCCCCCCCCCCCCCCCCCCCCCCCCCCC. The average Bonchev–Trinajstić information content (AvgIpc) is 3.70. The molecule has 500 valence electrons. The van der Waals surface area contributed by atoms with Crippen LogP contribution in [-0.2, 0) is 14.3 Å². The van der Waals surface area contributed by atoms with Crippen molar-refractivity contribution in [3.8, 4) is 0 Å². The zero-order valence-corrected chi connectivity index (χ0v) is 56.2. The van der Waals surface area contributed by atoms with Crippen LogP contribution in [0, 0.1) is 0 Å². The van der Waals surface area contributed by atoms with Crippen molar-refractivity contribution in [1.29, 1.82) is 0 Å². The van der Waals surface area contributed by atoms with Gasteiger partial charge in [0.1, 0.15) is 24.4 Å². The normalized spacial score (nSPS) is 18.1. The fourth-order valence-corrected chi connectivity index (χ4v) is 12.7. The van der Waals surface area contributed by atoms with Gasteiger partial charge < -0.3 is 40.3 Å². The van der Waals surface area contributed by atoms with Gasteiger partial charge in [0.15, 0.2) is 6.29 Å². The number of hydrogen-bond acceptors (Lipinski definition) is 8. The number of unbranched alkanes of at least 4 members (excludes halogenated alkanes) is 58. The van der Waals surface area contributed by atoms with E-state index in [2.05, 4.69) is 19.2 Å². The molecule has 1 amide bonds. The quantitative estimate of drug-likeness (QED) is 0.0261. The second kappa shape index (κ2) is 64.9. The summed E-state index contributed by atoms with van der Waals surface area (Å²) < 4.78 is 11.3. The molecule has 84 heavy (non-hydrogen) atoms. The molecule has 1 saturated heterocycles. The molecular weight excluding hydrogens is 1040 g/mol. The van der Waals surface area contributed by atoms with Crippen LogP contribution >= 0.6 is 0 Å². The minimum Gasteiger partial charge on any atom is -0.394 e. The van der Waals surface area contributed by atoms with E-state index in [0.29, 0.717) is 6.42 Å². The van der Waals surface area contributed by atoms with Crippen LogP contribution in [0.2, 0.25) is 0 Å². The molecule has 9 nitrogen and oxygen atoms in total. The molecule has 1 aliphatic heterocycles. The minimum atomic E-state index is -1.56. The molecule has 0 saturated carbocycles. The Morgan fingerprint density at radius 1 is 0.393 bits per heavy atom. The number of ether oxygens (including phenoxy) is 2. The monoisotopic (exact) mass is 1190 g/mol. The second-order valence-corrected chi connectivity index (χ2v) is 26.8. The molecule has 1 rings (SSSR count). The molecule has 6 N–H and O–H groups in total. The van der Waals surface area contributed by atoms with Crippen LogP contribution in [0.25, 0.3) is 0 Å². The van der Waals surface area contributed by atoms with E-state index in [9.17, 15) is 30.3 Å². The lowest BCUT2D eigenvalue weighted by atomic mass is 9.99. The third-order valence-electron chi connectivity index (χ3n) is 18.6. The first-order chi connectivity index (χ1) is 41.3. The maximum Gasteiger partial charge on any atom is 0.220 e. The Labute approximate surface area is 522 Å². The Kier molecular flexibility index (Phi) is 62.5. The molecule has 0 aromatic carbocycles. The van der Waals surface area contributed by atoms with Crippen LogP contribution in [-0.4, -0.2) is 87.5 Å². The van der Waals surface area contributed by atoms with Crippen LogP contribution in [0.3, 0.4) is 0 Å². The lowest BCUT2D eigenvalue weighted by molar-refractivity contribution is -0.302. The molecule has 9 heteroatoms. The van der Waals surface area contributed by atoms with Crippen molar-refractivity contribution in [3.05, 3.63) is 12.2 Å². The number of carbonyl (C=O) groups is 1. The highest BCUT2D eigenvalue weighted by molar-refractivity contribution is 5.76. The topological polar surface area (TPSA) is 149 Å². The van der Waals surface area contributed by atoms with Crippen molar-refractivity contribution in [2.45, 2.75) is 448 Å². The Morgan fingerprint density at radius 2 is 0.655 bits per heavy atom. The van der Waals surface area contributed by atoms with E-state index in [4.69, 9.17) is 9.47 Å². The number of carbonyl (C=O) groups excluding carboxylic acids is 1. The number of rotatable bonds is 68. The fourth-order valence-electron chi connectivity index (χ4n) is 12.7. The van der Waals surface area contributed by atoms with Crippen molar-refractivity contribution in [3.63, 3.8) is 0 Å². The highest BCUT2D eigenvalue weighted by Gasteiger charge is 2.44. The summed E-state index contributed by atoms with van der Waals surface area (Å²) in [5.41, 5.74) is 0. The molecule has 1 aliphatic rings. The van der Waals surface area contributed by atoms with Crippen LogP contribution in [0.15, 0.2) is 12.2 Å². The van der Waals surface area contributed by atoms with E-state index in [1.54, 1.807) is 6.08 Å². The number of nitrogens with one attached hydrogen (secondary N) is 1. The first-order valence-corrected chi connectivity index (χ1v) is 37.9. The van der Waals surface area contributed by atoms with Crippen LogP contribution in [0.1, 0.15) is 406 Å². The highest BCUT2D eigenvalue weighted by atomic mass is 16.7. The average molecular weight is 1190 g/mol. The van der Waals surface area contributed by atoms with E-state index in [0.717, 1.165) is 38.5 Å². The summed E-state index contributed by atoms with van der Waals surface area (Å²) in [7, 11) is 0. The van der Waals surface area contributed by atoms with Crippen molar-refractivity contribution in [2.24, 2.45) is 0 Å². The van der Waals surface area contributed by atoms with Gasteiger partial charge in [0, 0.05) is 6.42 Å². The molecular formula is C75H147NO8. The molecule has 7 atom stereocenters. The summed E-state index contributed by atoms with van der Waals surface area (Å²) in [5.74, 6) is -0.166. The predicted octanol–water partition coefficient (Wildman–Crippen LogP) is 21.0. The van der Waals surface area contributed by atoms with Crippen LogP contribution in [0.4, 0.5) is 0 Å². The van der Waals surface area contributed by atoms with Crippen LogP contribution < -0.4 is 5.32 Å². The molecule has 0 aliphatic carbocycles. The van der Waals surface area contributed by atoms with Gasteiger partial charge in [-0.05, 0) is 19.3 Å². The number of amides is 1. The minimum absolute atomic E-state index is 0.166. The van der Waals surface area contributed by atoms with Crippen molar-refractivity contribution in [2.75, 3.05) is 13.2 Å². The Balaban J connectivity index is 2.08. The summed E-state index contributed by atoms with van der Waals surface area (Å²) in [6.45, 7) is 3.85. The zero-order chi connectivity index (χ0) is 60.7. The molecule has 1 heterocycles. The van der Waals surface area contributed by atoms with E-state index in [1.165, 1.54) is 347 Å². The Morgan fingerprint density at radius 3 is 0.929 bits per heavy atom. The molecule has 0 spiro atoms. The Hall–Kier alpha value is -1.07. The van der Waals surface area contributed by atoms with Gasteiger partial charge in [0.2, 0.25) is 5.91 Å². The summed E-state index contributed by atoms with van der Waals surface area (Å²) >= 11 is 0. The van der Waals surface area contributed by atoms with Crippen molar-refractivity contribution < 1.29 is 39.8 Å². The molecule has 1 fully saturated rings. The molecule has 7 unspecified atom stereocenters. The molecule has 0 radical (unpaired) electrons. The van der Waals surface area contributed by atoms with E-state index in [1.807, 2.05) is 6.08 Å². The fraction of sp³-hybridized carbons (Fsp3) is 0.960.